The zero-order chi connectivity index (χ0) is 13.2. The van der Waals surface area contributed by atoms with Gasteiger partial charge in [-0.15, -0.1) is 0 Å². The molecule has 1 unspecified atom stereocenters. The first-order valence-corrected chi connectivity index (χ1v) is 7.24. The van der Waals surface area contributed by atoms with Crippen LogP contribution in [-0.2, 0) is 6.42 Å². The number of aliphatic hydroxyl groups is 1. The SMILES string of the molecule is O=C(c1ccc2c(c1)CCO2)C(O)C1CCCCC1. The fourth-order valence-electron chi connectivity index (χ4n) is 3.17. The molecule has 0 saturated heterocycles. The standard InChI is InChI=1S/C16H20O3/c17-15(11-4-2-1-3-5-11)16(18)13-6-7-14-12(10-13)8-9-19-14/h6-7,10-11,15,17H,1-5,8-9H2. The zero-order valence-electron chi connectivity index (χ0n) is 11.1. The fourth-order valence-corrected chi connectivity index (χ4v) is 3.17. The van der Waals surface area contributed by atoms with E-state index in [0.717, 1.165) is 43.4 Å². The van der Waals surface area contributed by atoms with Crippen molar-refractivity contribution in [2.45, 2.75) is 44.6 Å². The molecule has 1 aromatic rings. The molecular weight excluding hydrogens is 240 g/mol. The average Bonchev–Trinajstić information content (AvgIpc) is 2.94. The molecule has 102 valence electrons. The monoisotopic (exact) mass is 260 g/mol. The van der Waals surface area contributed by atoms with Crippen LogP contribution in [0.2, 0.25) is 0 Å². The lowest BCUT2D eigenvalue weighted by Crippen LogP contribution is -2.31. The van der Waals surface area contributed by atoms with Gasteiger partial charge in [-0.3, -0.25) is 4.79 Å². The number of hydrogen-bond acceptors (Lipinski definition) is 3. The van der Waals surface area contributed by atoms with Gasteiger partial charge in [-0.25, -0.2) is 0 Å². The van der Waals surface area contributed by atoms with Crippen molar-refractivity contribution in [1.29, 1.82) is 0 Å². The third-order valence-electron chi connectivity index (χ3n) is 4.34. The third kappa shape index (κ3) is 2.52. The van der Waals surface area contributed by atoms with Gasteiger partial charge in [0.1, 0.15) is 11.9 Å². The van der Waals surface area contributed by atoms with Crippen molar-refractivity contribution in [3.05, 3.63) is 29.3 Å². The topological polar surface area (TPSA) is 46.5 Å². The van der Waals surface area contributed by atoms with Crippen molar-refractivity contribution in [1.82, 2.24) is 0 Å². The van der Waals surface area contributed by atoms with E-state index in [1.54, 1.807) is 6.07 Å². The number of ketones is 1. The van der Waals surface area contributed by atoms with Gasteiger partial charge in [0.05, 0.1) is 6.61 Å². The molecule has 1 heterocycles. The molecule has 19 heavy (non-hydrogen) atoms. The Morgan fingerprint density at radius 1 is 1.26 bits per heavy atom. The first kappa shape index (κ1) is 12.7. The summed E-state index contributed by atoms with van der Waals surface area (Å²) in [4.78, 5) is 12.4. The van der Waals surface area contributed by atoms with Crippen LogP contribution in [0.5, 0.6) is 5.75 Å². The molecule has 1 aliphatic heterocycles. The van der Waals surface area contributed by atoms with Crippen LogP contribution in [0.25, 0.3) is 0 Å². The van der Waals surface area contributed by atoms with Crippen LogP contribution in [-0.4, -0.2) is 23.6 Å². The van der Waals surface area contributed by atoms with Gasteiger partial charge in [0.2, 0.25) is 0 Å². The highest BCUT2D eigenvalue weighted by atomic mass is 16.5. The van der Waals surface area contributed by atoms with E-state index in [-0.39, 0.29) is 11.7 Å². The van der Waals surface area contributed by atoms with Crippen molar-refractivity contribution in [2.75, 3.05) is 6.61 Å². The van der Waals surface area contributed by atoms with Gasteiger partial charge in [0.25, 0.3) is 0 Å². The minimum Gasteiger partial charge on any atom is -0.493 e. The molecule has 0 bridgehead atoms. The Hall–Kier alpha value is -1.35. The maximum Gasteiger partial charge on any atom is 0.191 e. The van der Waals surface area contributed by atoms with E-state index in [4.69, 9.17) is 4.74 Å². The number of Topliss-reactive ketones (excluding diaryl/α,β-unsaturated/α-hetero) is 1. The molecule has 3 heteroatoms. The number of ether oxygens (including phenoxy) is 1. The van der Waals surface area contributed by atoms with E-state index in [1.807, 2.05) is 12.1 Å². The summed E-state index contributed by atoms with van der Waals surface area (Å²) in [6.45, 7) is 0.693. The van der Waals surface area contributed by atoms with Crippen molar-refractivity contribution in [3.63, 3.8) is 0 Å². The highest BCUT2D eigenvalue weighted by molar-refractivity contribution is 5.99. The summed E-state index contributed by atoms with van der Waals surface area (Å²) in [6.07, 6.45) is 5.46. The molecule has 1 aromatic carbocycles. The minimum atomic E-state index is -0.833. The van der Waals surface area contributed by atoms with Gasteiger partial charge >= 0.3 is 0 Å². The predicted molar refractivity (Wildman–Crippen MR) is 72.6 cm³/mol. The molecule has 0 amide bonds. The van der Waals surface area contributed by atoms with Crippen LogP contribution in [0.4, 0.5) is 0 Å². The second-order valence-corrected chi connectivity index (χ2v) is 5.63. The first-order valence-electron chi connectivity index (χ1n) is 7.24. The van der Waals surface area contributed by atoms with E-state index >= 15 is 0 Å². The maximum absolute atomic E-state index is 12.4. The fraction of sp³-hybridized carbons (Fsp3) is 0.562. The van der Waals surface area contributed by atoms with E-state index < -0.39 is 6.10 Å². The Labute approximate surface area is 113 Å². The van der Waals surface area contributed by atoms with E-state index in [1.165, 1.54) is 6.42 Å². The number of rotatable bonds is 3. The number of benzene rings is 1. The third-order valence-corrected chi connectivity index (χ3v) is 4.34. The van der Waals surface area contributed by atoms with Crippen LogP contribution >= 0.6 is 0 Å². The van der Waals surface area contributed by atoms with Crippen LogP contribution in [0.3, 0.4) is 0 Å². The maximum atomic E-state index is 12.4. The van der Waals surface area contributed by atoms with Gasteiger partial charge in [-0.1, -0.05) is 19.3 Å². The van der Waals surface area contributed by atoms with E-state index in [0.29, 0.717) is 12.2 Å². The Kier molecular flexibility index (Phi) is 3.56. The van der Waals surface area contributed by atoms with Crippen molar-refractivity contribution in [2.24, 2.45) is 5.92 Å². The number of aliphatic hydroxyl groups excluding tert-OH is 1. The van der Waals surface area contributed by atoms with Crippen molar-refractivity contribution in [3.8, 4) is 5.75 Å². The van der Waals surface area contributed by atoms with Crippen molar-refractivity contribution < 1.29 is 14.6 Å². The molecule has 2 aliphatic rings. The van der Waals surface area contributed by atoms with Gasteiger partial charge in [0.15, 0.2) is 5.78 Å². The molecular formula is C16H20O3. The van der Waals surface area contributed by atoms with Gasteiger partial charge in [-0.2, -0.15) is 0 Å². The summed E-state index contributed by atoms with van der Waals surface area (Å²) in [6, 6.07) is 5.51. The number of fused-ring (bicyclic) bond motifs is 1. The summed E-state index contributed by atoms with van der Waals surface area (Å²) in [5.41, 5.74) is 1.71. The summed E-state index contributed by atoms with van der Waals surface area (Å²) in [5, 5.41) is 10.3. The summed E-state index contributed by atoms with van der Waals surface area (Å²) < 4.78 is 5.44. The quantitative estimate of drug-likeness (QED) is 0.850. The van der Waals surface area contributed by atoms with E-state index in [9.17, 15) is 9.90 Å². The molecule has 1 fully saturated rings. The molecule has 3 rings (SSSR count). The highest BCUT2D eigenvalue weighted by Gasteiger charge is 2.28. The number of carbonyl (C=O) groups is 1. The second-order valence-electron chi connectivity index (χ2n) is 5.63. The largest absolute Gasteiger partial charge is 0.493 e. The Balaban J connectivity index is 1.75. The number of hydrogen-bond donors (Lipinski definition) is 1. The molecule has 0 spiro atoms. The van der Waals surface area contributed by atoms with E-state index in [2.05, 4.69) is 0 Å². The molecule has 1 N–H and O–H groups in total. The Morgan fingerprint density at radius 3 is 2.84 bits per heavy atom. The highest BCUT2D eigenvalue weighted by Crippen LogP contribution is 2.30. The zero-order valence-corrected chi connectivity index (χ0v) is 11.1. The summed E-state index contributed by atoms with van der Waals surface area (Å²) in [7, 11) is 0. The van der Waals surface area contributed by atoms with Gasteiger partial charge in [0, 0.05) is 12.0 Å². The summed E-state index contributed by atoms with van der Waals surface area (Å²) >= 11 is 0. The predicted octanol–water partition coefficient (Wildman–Crippen LogP) is 2.75. The van der Waals surface area contributed by atoms with Crippen LogP contribution in [0, 0.1) is 5.92 Å². The lowest BCUT2D eigenvalue weighted by Gasteiger charge is -2.25. The molecule has 3 nitrogen and oxygen atoms in total. The molecule has 0 aromatic heterocycles. The average molecular weight is 260 g/mol. The van der Waals surface area contributed by atoms with Crippen molar-refractivity contribution >= 4 is 5.78 Å². The Bertz CT molecular complexity index is 475. The smallest absolute Gasteiger partial charge is 0.191 e. The van der Waals surface area contributed by atoms with Crippen LogP contribution in [0.15, 0.2) is 18.2 Å². The summed E-state index contributed by atoms with van der Waals surface area (Å²) in [5.74, 6) is 0.899. The van der Waals surface area contributed by atoms with Crippen LogP contribution < -0.4 is 4.74 Å². The number of carbonyl (C=O) groups excluding carboxylic acids is 1. The molecule has 1 saturated carbocycles. The lowest BCUT2D eigenvalue weighted by atomic mass is 9.82. The van der Waals surface area contributed by atoms with Gasteiger partial charge < -0.3 is 9.84 Å². The first-order chi connectivity index (χ1) is 9.25. The normalized spacial score (nSPS) is 20.7. The van der Waals surface area contributed by atoms with Crippen LogP contribution in [0.1, 0.15) is 48.0 Å². The Morgan fingerprint density at radius 2 is 2.05 bits per heavy atom. The second kappa shape index (κ2) is 5.33. The lowest BCUT2D eigenvalue weighted by molar-refractivity contribution is 0.0534. The molecule has 1 aliphatic carbocycles. The molecule has 1 atom stereocenters. The van der Waals surface area contributed by atoms with Gasteiger partial charge in [-0.05, 0) is 42.5 Å². The molecule has 0 radical (unpaired) electrons. The minimum absolute atomic E-state index is 0.124.